The van der Waals surface area contributed by atoms with E-state index in [2.05, 4.69) is 17.9 Å². The van der Waals surface area contributed by atoms with Crippen LogP contribution in [0.3, 0.4) is 0 Å². The summed E-state index contributed by atoms with van der Waals surface area (Å²) in [4.78, 5) is 13.3. The molecule has 0 spiro atoms. The maximum atomic E-state index is 10.8. The third-order valence-corrected chi connectivity index (χ3v) is 4.55. The zero-order valence-electron chi connectivity index (χ0n) is 11.1. The number of benzene rings is 1. The molecule has 1 heterocycles. The Kier molecular flexibility index (Phi) is 3.11. The second-order valence-corrected chi connectivity index (χ2v) is 5.97. The molecule has 3 rings (SSSR count). The van der Waals surface area contributed by atoms with Crippen LogP contribution in [0, 0.1) is 18.8 Å². The molecule has 0 N–H and O–H groups in total. The fourth-order valence-corrected chi connectivity index (χ4v) is 3.74. The van der Waals surface area contributed by atoms with Gasteiger partial charge in [0.25, 0.3) is 0 Å². The first-order valence-corrected chi connectivity index (χ1v) is 7.07. The number of hydrogen-bond acceptors (Lipinski definition) is 2. The lowest BCUT2D eigenvalue weighted by Gasteiger charge is -2.43. The van der Waals surface area contributed by atoms with Crippen molar-refractivity contribution in [3.63, 3.8) is 0 Å². The largest absolute Gasteiger partial charge is 0.371 e. The molecule has 1 aromatic carbocycles. The minimum absolute atomic E-state index is 0.786. The Bertz CT molecular complexity index is 442. The van der Waals surface area contributed by atoms with Gasteiger partial charge in [-0.15, -0.1) is 0 Å². The highest BCUT2D eigenvalue weighted by Crippen LogP contribution is 2.37. The molecule has 1 aliphatic carbocycles. The average molecular weight is 243 g/mol. The van der Waals surface area contributed by atoms with E-state index in [9.17, 15) is 4.79 Å². The van der Waals surface area contributed by atoms with Crippen LogP contribution in [0.1, 0.15) is 41.6 Å². The van der Waals surface area contributed by atoms with Gasteiger partial charge >= 0.3 is 0 Å². The Hall–Kier alpha value is -1.31. The van der Waals surface area contributed by atoms with Gasteiger partial charge in [-0.2, -0.15) is 0 Å². The van der Waals surface area contributed by atoms with Crippen LogP contribution in [0.4, 0.5) is 5.69 Å². The molecule has 1 aliphatic heterocycles. The van der Waals surface area contributed by atoms with E-state index in [0.29, 0.717) is 0 Å². The summed E-state index contributed by atoms with van der Waals surface area (Å²) in [7, 11) is 0. The van der Waals surface area contributed by atoms with Crippen LogP contribution in [-0.4, -0.2) is 19.4 Å². The lowest BCUT2D eigenvalue weighted by molar-refractivity contribution is 0.112. The van der Waals surface area contributed by atoms with Gasteiger partial charge in [0, 0.05) is 24.3 Å². The Balaban J connectivity index is 1.84. The zero-order chi connectivity index (χ0) is 12.5. The van der Waals surface area contributed by atoms with Gasteiger partial charge in [-0.3, -0.25) is 4.79 Å². The van der Waals surface area contributed by atoms with Crippen LogP contribution in [0.2, 0.25) is 0 Å². The smallest absolute Gasteiger partial charge is 0.150 e. The van der Waals surface area contributed by atoms with Crippen LogP contribution in [-0.2, 0) is 0 Å². The molecule has 1 saturated carbocycles. The number of anilines is 1. The molecule has 1 aromatic rings. The van der Waals surface area contributed by atoms with Crippen molar-refractivity contribution in [1.29, 1.82) is 0 Å². The molecular weight excluding hydrogens is 222 g/mol. The third-order valence-electron chi connectivity index (χ3n) is 4.55. The summed E-state index contributed by atoms with van der Waals surface area (Å²) in [6.45, 7) is 4.53. The fourth-order valence-electron chi connectivity index (χ4n) is 3.74. The summed E-state index contributed by atoms with van der Waals surface area (Å²) in [6, 6.07) is 6.08. The predicted octanol–water partition coefficient (Wildman–Crippen LogP) is 3.43. The minimum atomic E-state index is 0.786. The first-order chi connectivity index (χ1) is 8.76. The maximum absolute atomic E-state index is 10.8. The van der Waals surface area contributed by atoms with Crippen LogP contribution >= 0.6 is 0 Å². The van der Waals surface area contributed by atoms with Gasteiger partial charge in [0.2, 0.25) is 0 Å². The summed E-state index contributed by atoms with van der Waals surface area (Å²) in [5.74, 6) is 1.78. The lowest BCUT2D eigenvalue weighted by atomic mass is 9.77. The summed E-state index contributed by atoms with van der Waals surface area (Å²) in [5.41, 5.74) is 3.35. The van der Waals surface area contributed by atoms with Gasteiger partial charge in [-0.1, -0.05) is 6.42 Å². The molecule has 2 bridgehead atoms. The number of carbonyl (C=O) groups excluding carboxylic acids is 1. The lowest BCUT2D eigenvalue weighted by Crippen LogP contribution is -2.43. The first-order valence-electron chi connectivity index (χ1n) is 7.07. The van der Waals surface area contributed by atoms with Gasteiger partial charge in [0.05, 0.1) is 0 Å². The first kappa shape index (κ1) is 11.8. The molecule has 2 fully saturated rings. The van der Waals surface area contributed by atoms with Crippen molar-refractivity contribution in [2.24, 2.45) is 11.8 Å². The van der Waals surface area contributed by atoms with Crippen molar-refractivity contribution in [2.75, 3.05) is 18.0 Å². The molecule has 0 aromatic heterocycles. The van der Waals surface area contributed by atoms with E-state index in [1.807, 2.05) is 12.1 Å². The number of nitrogens with zero attached hydrogens (tertiary/aromatic N) is 1. The molecule has 2 heteroatoms. The Morgan fingerprint density at radius 1 is 1.22 bits per heavy atom. The highest BCUT2D eigenvalue weighted by atomic mass is 16.1. The van der Waals surface area contributed by atoms with Crippen molar-refractivity contribution < 1.29 is 4.79 Å². The SMILES string of the molecule is Cc1cc(C=O)ccc1N1CC2CCCC(C2)C1. The van der Waals surface area contributed by atoms with Gasteiger partial charge in [0.1, 0.15) is 6.29 Å². The number of carbonyl (C=O) groups is 1. The second-order valence-electron chi connectivity index (χ2n) is 5.97. The molecular formula is C16H21NO. The molecule has 2 atom stereocenters. The van der Waals surface area contributed by atoms with Crippen molar-refractivity contribution >= 4 is 12.0 Å². The number of fused-ring (bicyclic) bond motifs is 2. The van der Waals surface area contributed by atoms with Crippen LogP contribution in [0.25, 0.3) is 0 Å². The number of hydrogen-bond donors (Lipinski definition) is 0. The third kappa shape index (κ3) is 2.16. The van der Waals surface area contributed by atoms with E-state index in [0.717, 1.165) is 23.7 Å². The summed E-state index contributed by atoms with van der Waals surface area (Å²) < 4.78 is 0. The van der Waals surface area contributed by atoms with E-state index < -0.39 is 0 Å². The fraction of sp³-hybridized carbons (Fsp3) is 0.562. The topological polar surface area (TPSA) is 20.3 Å². The van der Waals surface area contributed by atoms with E-state index in [4.69, 9.17) is 0 Å². The molecule has 2 unspecified atom stereocenters. The highest BCUT2D eigenvalue weighted by Gasteiger charge is 2.30. The number of aldehydes is 1. The van der Waals surface area contributed by atoms with Gasteiger partial charge in [-0.25, -0.2) is 0 Å². The van der Waals surface area contributed by atoms with Crippen molar-refractivity contribution in [1.82, 2.24) is 0 Å². The van der Waals surface area contributed by atoms with Gasteiger partial charge < -0.3 is 4.90 Å². The van der Waals surface area contributed by atoms with Crippen molar-refractivity contribution in [2.45, 2.75) is 32.6 Å². The van der Waals surface area contributed by atoms with Crippen LogP contribution < -0.4 is 4.90 Å². The summed E-state index contributed by atoms with van der Waals surface area (Å²) in [6.07, 6.45) is 6.59. The molecule has 18 heavy (non-hydrogen) atoms. The number of rotatable bonds is 2. The Morgan fingerprint density at radius 2 is 1.94 bits per heavy atom. The monoisotopic (exact) mass is 243 g/mol. The standard InChI is InChI=1S/C16H21NO/c1-12-7-15(11-18)5-6-16(12)17-9-13-3-2-4-14(8-13)10-17/h5-7,11,13-14H,2-4,8-10H2,1H3. The van der Waals surface area contributed by atoms with E-state index >= 15 is 0 Å². The molecule has 0 radical (unpaired) electrons. The average Bonchev–Trinajstić information content (AvgIpc) is 2.38. The van der Waals surface area contributed by atoms with Gasteiger partial charge in [-0.05, 0) is 61.8 Å². The van der Waals surface area contributed by atoms with E-state index in [1.165, 1.54) is 50.0 Å². The normalized spacial score (nSPS) is 27.1. The minimum Gasteiger partial charge on any atom is -0.371 e. The van der Waals surface area contributed by atoms with Crippen LogP contribution in [0.15, 0.2) is 18.2 Å². The van der Waals surface area contributed by atoms with Crippen LogP contribution in [0.5, 0.6) is 0 Å². The second kappa shape index (κ2) is 4.75. The molecule has 0 amide bonds. The summed E-state index contributed by atoms with van der Waals surface area (Å²) >= 11 is 0. The quantitative estimate of drug-likeness (QED) is 0.742. The van der Waals surface area contributed by atoms with Crippen molar-refractivity contribution in [3.05, 3.63) is 29.3 Å². The van der Waals surface area contributed by atoms with Gasteiger partial charge in [0.15, 0.2) is 0 Å². The number of aryl methyl sites for hydroxylation is 1. The Labute approximate surface area is 109 Å². The van der Waals surface area contributed by atoms with E-state index in [-0.39, 0.29) is 0 Å². The van der Waals surface area contributed by atoms with E-state index in [1.54, 1.807) is 0 Å². The molecule has 2 nitrogen and oxygen atoms in total. The highest BCUT2D eigenvalue weighted by molar-refractivity contribution is 5.77. The maximum Gasteiger partial charge on any atom is 0.150 e. The summed E-state index contributed by atoms with van der Waals surface area (Å²) in [5, 5.41) is 0. The zero-order valence-corrected chi connectivity index (χ0v) is 11.1. The molecule has 96 valence electrons. The van der Waals surface area contributed by atoms with Crippen molar-refractivity contribution in [3.8, 4) is 0 Å². The number of piperidine rings is 1. The molecule has 1 saturated heterocycles. The predicted molar refractivity (Wildman–Crippen MR) is 74.2 cm³/mol. The Morgan fingerprint density at radius 3 is 2.56 bits per heavy atom. The molecule has 2 aliphatic rings.